The fourth-order valence-corrected chi connectivity index (χ4v) is 3.63. The molecule has 4 rings (SSSR count). The number of Topliss-reactive ketones (excluding diaryl/α,β-unsaturated/α-hetero) is 1. The van der Waals surface area contributed by atoms with Gasteiger partial charge in [0.15, 0.2) is 17.3 Å². The maximum Gasteiger partial charge on any atom is 0.231 e. The third-order valence-corrected chi connectivity index (χ3v) is 5.25. The Balaban J connectivity index is 1.69. The second-order valence-corrected chi connectivity index (χ2v) is 7.53. The molecule has 2 aromatic rings. The third-order valence-electron chi connectivity index (χ3n) is 5.25. The summed E-state index contributed by atoms with van der Waals surface area (Å²) < 4.78 is 5.88. The molecular weight excluding hydrogens is 332 g/mol. The summed E-state index contributed by atoms with van der Waals surface area (Å²) >= 11 is 0. The monoisotopic (exact) mass is 352 g/mol. The van der Waals surface area contributed by atoms with Crippen LogP contribution in [0.25, 0.3) is 6.08 Å². The standard InChI is InChI=1S/C21H20O5/c1-21(2,25)13-9-12-4-5-14-19(24)18(26-20(14)15(12)10-13)8-11-3-6-16(22)17(23)7-11/h3-8,13,22-23,25H,9-10H2,1-2H3/b18-8-/t13-/m0/s1. The molecule has 1 heterocycles. The van der Waals surface area contributed by atoms with Crippen LogP contribution < -0.4 is 4.74 Å². The van der Waals surface area contributed by atoms with Gasteiger partial charge in [-0.3, -0.25) is 4.79 Å². The van der Waals surface area contributed by atoms with Crippen molar-refractivity contribution in [2.24, 2.45) is 5.92 Å². The lowest BCUT2D eigenvalue weighted by molar-refractivity contribution is 0.0214. The molecule has 0 amide bonds. The van der Waals surface area contributed by atoms with Crippen molar-refractivity contribution in [3.05, 3.63) is 58.3 Å². The normalized spacial score (nSPS) is 20.2. The van der Waals surface area contributed by atoms with E-state index in [2.05, 4.69) is 0 Å². The molecule has 0 fully saturated rings. The van der Waals surface area contributed by atoms with Gasteiger partial charge in [-0.05, 0) is 73.6 Å². The quantitative estimate of drug-likeness (QED) is 0.571. The van der Waals surface area contributed by atoms with E-state index in [1.165, 1.54) is 12.1 Å². The molecule has 5 heteroatoms. The van der Waals surface area contributed by atoms with E-state index >= 15 is 0 Å². The molecule has 0 unspecified atom stereocenters. The van der Waals surface area contributed by atoms with Crippen molar-refractivity contribution in [3.63, 3.8) is 0 Å². The number of ether oxygens (including phenoxy) is 1. The van der Waals surface area contributed by atoms with Crippen molar-refractivity contribution < 1.29 is 24.9 Å². The molecular formula is C21H20O5. The summed E-state index contributed by atoms with van der Waals surface area (Å²) in [5.41, 5.74) is 2.38. The molecule has 134 valence electrons. The number of aliphatic hydroxyl groups is 1. The number of fused-ring (bicyclic) bond motifs is 3. The predicted octanol–water partition coefficient (Wildman–Crippen LogP) is 3.20. The Morgan fingerprint density at radius 3 is 2.58 bits per heavy atom. The molecule has 5 nitrogen and oxygen atoms in total. The van der Waals surface area contributed by atoms with Crippen LogP contribution in [0.4, 0.5) is 0 Å². The Hall–Kier alpha value is -2.79. The lowest BCUT2D eigenvalue weighted by Gasteiger charge is -2.24. The van der Waals surface area contributed by atoms with Crippen LogP contribution in [0, 0.1) is 5.92 Å². The molecule has 0 saturated heterocycles. The van der Waals surface area contributed by atoms with E-state index < -0.39 is 5.60 Å². The number of phenolic OH excluding ortho intramolecular Hbond substituents is 2. The fourth-order valence-electron chi connectivity index (χ4n) is 3.63. The van der Waals surface area contributed by atoms with Crippen molar-refractivity contribution in [3.8, 4) is 17.2 Å². The maximum absolute atomic E-state index is 12.7. The van der Waals surface area contributed by atoms with Crippen LogP contribution in [-0.4, -0.2) is 26.7 Å². The van der Waals surface area contributed by atoms with E-state index in [0.29, 0.717) is 23.3 Å². The molecule has 1 aliphatic carbocycles. The van der Waals surface area contributed by atoms with Crippen LogP contribution in [0.1, 0.15) is 40.9 Å². The van der Waals surface area contributed by atoms with Gasteiger partial charge in [0.1, 0.15) is 5.75 Å². The zero-order valence-corrected chi connectivity index (χ0v) is 14.6. The largest absolute Gasteiger partial charge is 0.504 e. The average molecular weight is 352 g/mol. The van der Waals surface area contributed by atoms with Crippen molar-refractivity contribution in [2.75, 3.05) is 0 Å². The minimum atomic E-state index is -0.795. The smallest absolute Gasteiger partial charge is 0.231 e. The van der Waals surface area contributed by atoms with Crippen molar-refractivity contribution in [2.45, 2.75) is 32.3 Å². The van der Waals surface area contributed by atoms with Gasteiger partial charge in [0.05, 0.1) is 11.2 Å². The first-order chi connectivity index (χ1) is 12.2. The summed E-state index contributed by atoms with van der Waals surface area (Å²) in [5.74, 6) is 0.173. The summed E-state index contributed by atoms with van der Waals surface area (Å²) in [4.78, 5) is 12.7. The van der Waals surface area contributed by atoms with Crippen LogP contribution in [-0.2, 0) is 12.8 Å². The lowest BCUT2D eigenvalue weighted by atomic mass is 9.88. The lowest BCUT2D eigenvalue weighted by Crippen LogP contribution is -2.31. The van der Waals surface area contributed by atoms with Gasteiger partial charge < -0.3 is 20.1 Å². The Morgan fingerprint density at radius 1 is 1.12 bits per heavy atom. The van der Waals surface area contributed by atoms with Gasteiger partial charge in [-0.2, -0.15) is 0 Å². The van der Waals surface area contributed by atoms with E-state index in [-0.39, 0.29) is 29.0 Å². The zero-order valence-electron chi connectivity index (χ0n) is 14.6. The Bertz CT molecular complexity index is 950. The Morgan fingerprint density at radius 2 is 1.88 bits per heavy atom. The molecule has 0 radical (unpaired) electrons. The molecule has 1 atom stereocenters. The number of hydrogen-bond acceptors (Lipinski definition) is 5. The first-order valence-electron chi connectivity index (χ1n) is 8.57. The maximum atomic E-state index is 12.7. The summed E-state index contributed by atoms with van der Waals surface area (Å²) in [5, 5.41) is 29.3. The molecule has 0 bridgehead atoms. The molecule has 0 spiro atoms. The number of hydrogen-bond donors (Lipinski definition) is 3. The SMILES string of the molecule is CC(C)(O)[C@H]1Cc2ccc3c(c2C1)O/C(=C\c1ccc(O)c(O)c1)C3=O. The molecule has 0 saturated carbocycles. The highest BCUT2D eigenvalue weighted by molar-refractivity contribution is 6.14. The molecule has 2 aliphatic rings. The van der Waals surface area contributed by atoms with Crippen LogP contribution in [0.15, 0.2) is 36.1 Å². The topological polar surface area (TPSA) is 87.0 Å². The molecule has 26 heavy (non-hydrogen) atoms. The first-order valence-corrected chi connectivity index (χ1v) is 8.57. The van der Waals surface area contributed by atoms with Crippen LogP contribution in [0.3, 0.4) is 0 Å². The van der Waals surface area contributed by atoms with Gasteiger partial charge in [-0.1, -0.05) is 12.1 Å². The van der Waals surface area contributed by atoms with Crippen molar-refractivity contribution in [1.29, 1.82) is 0 Å². The summed E-state index contributed by atoms with van der Waals surface area (Å²) in [7, 11) is 0. The van der Waals surface area contributed by atoms with E-state index in [1.807, 2.05) is 6.07 Å². The van der Waals surface area contributed by atoms with Gasteiger partial charge >= 0.3 is 0 Å². The average Bonchev–Trinajstić information content (AvgIpc) is 3.13. The minimum absolute atomic E-state index is 0.0878. The van der Waals surface area contributed by atoms with E-state index in [1.54, 1.807) is 32.1 Å². The summed E-state index contributed by atoms with van der Waals surface area (Å²) in [6, 6.07) is 8.04. The van der Waals surface area contributed by atoms with Gasteiger partial charge in [-0.15, -0.1) is 0 Å². The second-order valence-electron chi connectivity index (χ2n) is 7.53. The first kappa shape index (κ1) is 16.7. The molecule has 0 aromatic heterocycles. The van der Waals surface area contributed by atoms with Gasteiger partial charge in [-0.25, -0.2) is 0 Å². The number of benzene rings is 2. The van der Waals surface area contributed by atoms with Crippen LogP contribution in [0.2, 0.25) is 0 Å². The van der Waals surface area contributed by atoms with Gasteiger partial charge in [0.2, 0.25) is 5.78 Å². The number of carbonyl (C=O) groups excluding carboxylic acids is 1. The third kappa shape index (κ3) is 2.65. The highest BCUT2D eigenvalue weighted by Gasteiger charge is 2.38. The number of allylic oxidation sites excluding steroid dienone is 1. The highest BCUT2D eigenvalue weighted by atomic mass is 16.5. The molecule has 2 aromatic carbocycles. The highest BCUT2D eigenvalue weighted by Crippen LogP contribution is 2.44. The van der Waals surface area contributed by atoms with Crippen LogP contribution >= 0.6 is 0 Å². The molecule has 1 aliphatic heterocycles. The number of ketones is 1. The summed E-state index contributed by atoms with van der Waals surface area (Å²) in [6.07, 6.45) is 2.98. The Labute approximate surface area is 151 Å². The van der Waals surface area contributed by atoms with E-state index in [4.69, 9.17) is 4.74 Å². The van der Waals surface area contributed by atoms with E-state index in [0.717, 1.165) is 17.5 Å². The zero-order chi connectivity index (χ0) is 18.6. The number of aromatic hydroxyl groups is 2. The fraction of sp³-hybridized carbons (Fsp3) is 0.286. The second kappa shape index (κ2) is 5.61. The predicted molar refractivity (Wildman–Crippen MR) is 96.3 cm³/mol. The number of phenols is 2. The Kier molecular flexibility index (Phi) is 3.59. The minimum Gasteiger partial charge on any atom is -0.504 e. The van der Waals surface area contributed by atoms with Crippen LogP contribution in [0.5, 0.6) is 17.2 Å². The van der Waals surface area contributed by atoms with Crippen molar-refractivity contribution in [1.82, 2.24) is 0 Å². The molecule has 3 N–H and O–H groups in total. The van der Waals surface area contributed by atoms with Crippen molar-refractivity contribution >= 4 is 11.9 Å². The number of rotatable bonds is 2. The summed E-state index contributed by atoms with van der Waals surface area (Å²) in [6.45, 7) is 3.61. The van der Waals surface area contributed by atoms with Gasteiger partial charge in [0.25, 0.3) is 0 Å². The number of carbonyl (C=O) groups is 1. The van der Waals surface area contributed by atoms with E-state index in [9.17, 15) is 20.1 Å². The van der Waals surface area contributed by atoms with Gasteiger partial charge in [0, 0.05) is 0 Å².